The maximum Gasteiger partial charge on any atom is 0.573 e. The zero-order valence-corrected chi connectivity index (χ0v) is 11.4. The molecule has 0 amide bonds. The van der Waals surface area contributed by atoms with Crippen LogP contribution >= 0.6 is 0 Å². The number of ether oxygens (including phenoxy) is 1. The van der Waals surface area contributed by atoms with Crippen LogP contribution in [0, 0.1) is 0 Å². The van der Waals surface area contributed by atoms with E-state index in [2.05, 4.69) is 21.9 Å². The van der Waals surface area contributed by atoms with Gasteiger partial charge in [-0.2, -0.15) is 0 Å². The molecule has 0 aromatic heterocycles. The van der Waals surface area contributed by atoms with Gasteiger partial charge < -0.3 is 15.0 Å². The minimum Gasteiger partial charge on any atom is -0.406 e. The quantitative estimate of drug-likeness (QED) is 0.921. The predicted octanol–water partition coefficient (Wildman–Crippen LogP) is 3.16. The number of hydrogen-bond donors (Lipinski definition) is 1. The highest BCUT2D eigenvalue weighted by Gasteiger charge is 2.31. The molecule has 1 aliphatic rings. The van der Waals surface area contributed by atoms with Gasteiger partial charge >= 0.3 is 6.36 Å². The molecule has 0 bridgehead atoms. The zero-order valence-electron chi connectivity index (χ0n) is 11.4. The third-order valence-electron chi connectivity index (χ3n) is 3.33. The molecule has 6 heteroatoms. The van der Waals surface area contributed by atoms with E-state index in [1.165, 1.54) is 12.1 Å². The number of hydrogen-bond acceptors (Lipinski definition) is 3. The lowest BCUT2D eigenvalue weighted by atomic mass is 10.0. The maximum absolute atomic E-state index is 12.2. The van der Waals surface area contributed by atoms with Crippen LogP contribution in [0.5, 0.6) is 5.75 Å². The summed E-state index contributed by atoms with van der Waals surface area (Å²) in [6, 6.07) is 6.57. The highest BCUT2D eigenvalue weighted by Crippen LogP contribution is 2.28. The molecule has 1 heterocycles. The third kappa shape index (κ3) is 4.30. The van der Waals surface area contributed by atoms with Crippen molar-refractivity contribution in [3.8, 4) is 5.75 Å². The normalized spacial score (nSPS) is 20.0. The van der Waals surface area contributed by atoms with Crippen molar-refractivity contribution in [3.63, 3.8) is 0 Å². The highest BCUT2D eigenvalue weighted by molar-refractivity contribution is 5.51. The molecule has 1 aromatic carbocycles. The van der Waals surface area contributed by atoms with Crippen molar-refractivity contribution < 1.29 is 17.9 Å². The van der Waals surface area contributed by atoms with Crippen molar-refractivity contribution >= 4 is 5.69 Å². The molecule has 0 saturated carbocycles. The molecule has 0 radical (unpaired) electrons. The maximum atomic E-state index is 12.2. The lowest BCUT2D eigenvalue weighted by Crippen LogP contribution is -2.45. The molecule has 1 atom stereocenters. The van der Waals surface area contributed by atoms with Gasteiger partial charge in [-0.25, -0.2) is 0 Å². The van der Waals surface area contributed by atoms with Crippen molar-refractivity contribution in [3.05, 3.63) is 24.3 Å². The van der Waals surface area contributed by atoms with Gasteiger partial charge in [0.1, 0.15) is 5.75 Å². The van der Waals surface area contributed by atoms with Crippen molar-refractivity contribution in [1.29, 1.82) is 0 Å². The van der Waals surface area contributed by atoms with Crippen LogP contribution in [0.15, 0.2) is 24.3 Å². The number of nitrogens with zero attached hydrogens (tertiary/aromatic N) is 1. The van der Waals surface area contributed by atoms with Gasteiger partial charge in [0, 0.05) is 30.9 Å². The lowest BCUT2D eigenvalue weighted by molar-refractivity contribution is -0.274. The number of likely N-dealkylation sites (N-methyl/N-ethyl adjacent to an activating group) is 1. The Balaban J connectivity index is 2.06. The number of nitrogens with one attached hydrogen (secondary N) is 1. The number of alkyl halides is 3. The van der Waals surface area contributed by atoms with Gasteiger partial charge in [0.2, 0.25) is 0 Å². The minimum absolute atomic E-state index is 0.166. The molecule has 1 N–H and O–H groups in total. The summed E-state index contributed by atoms with van der Waals surface area (Å²) < 4.78 is 40.7. The second-order valence-electron chi connectivity index (χ2n) is 4.89. The molecule has 1 unspecified atom stereocenters. The first-order chi connectivity index (χ1) is 9.48. The molecule has 20 heavy (non-hydrogen) atoms. The average molecular weight is 288 g/mol. The summed E-state index contributed by atoms with van der Waals surface area (Å²) in [6.07, 6.45) is -2.52. The van der Waals surface area contributed by atoms with Gasteiger partial charge in [-0.3, -0.25) is 0 Å². The van der Waals surface area contributed by atoms with Crippen LogP contribution < -0.4 is 15.0 Å². The third-order valence-corrected chi connectivity index (χ3v) is 3.33. The van der Waals surface area contributed by atoms with Crippen molar-refractivity contribution in [2.75, 3.05) is 24.5 Å². The molecule has 1 aliphatic heterocycles. The van der Waals surface area contributed by atoms with E-state index >= 15 is 0 Å². The largest absolute Gasteiger partial charge is 0.573 e. The van der Waals surface area contributed by atoms with Gasteiger partial charge in [-0.15, -0.1) is 13.2 Å². The number of benzene rings is 1. The SMILES string of the molecule is CCNC1CCCN(c2cccc(OC(F)(F)F)c2)C1. The fourth-order valence-corrected chi connectivity index (χ4v) is 2.54. The first-order valence-corrected chi connectivity index (χ1v) is 6.82. The number of halogens is 3. The monoisotopic (exact) mass is 288 g/mol. The number of anilines is 1. The Bertz CT molecular complexity index is 435. The standard InChI is InChI=1S/C14H19F3N2O/c1-2-18-11-5-4-8-19(10-11)12-6-3-7-13(9-12)20-14(15,16)17/h3,6-7,9,11,18H,2,4-5,8,10H2,1H3. The predicted molar refractivity (Wildman–Crippen MR) is 72.0 cm³/mol. The molecular formula is C14H19F3N2O. The highest BCUT2D eigenvalue weighted by atomic mass is 19.4. The summed E-state index contributed by atoms with van der Waals surface area (Å²) in [4.78, 5) is 2.10. The molecule has 0 spiro atoms. The van der Waals surface area contributed by atoms with Gasteiger partial charge in [0.15, 0.2) is 0 Å². The summed E-state index contributed by atoms with van der Waals surface area (Å²) in [5.41, 5.74) is 0.773. The molecule has 0 aliphatic carbocycles. The molecule has 3 nitrogen and oxygen atoms in total. The Morgan fingerprint density at radius 3 is 2.90 bits per heavy atom. The van der Waals surface area contributed by atoms with Crippen LogP contribution in [0.1, 0.15) is 19.8 Å². The fourth-order valence-electron chi connectivity index (χ4n) is 2.54. The molecule has 1 saturated heterocycles. The van der Waals surface area contributed by atoms with Gasteiger partial charge in [-0.1, -0.05) is 13.0 Å². The summed E-state index contributed by atoms with van der Waals surface area (Å²) in [5, 5.41) is 3.38. The van der Waals surface area contributed by atoms with E-state index < -0.39 is 6.36 Å². The van der Waals surface area contributed by atoms with Crippen molar-refractivity contribution in [2.45, 2.75) is 32.2 Å². The van der Waals surface area contributed by atoms with E-state index in [-0.39, 0.29) is 5.75 Å². The second kappa shape index (κ2) is 6.35. The van der Waals surface area contributed by atoms with E-state index in [9.17, 15) is 13.2 Å². The lowest BCUT2D eigenvalue weighted by Gasteiger charge is -2.35. The van der Waals surface area contributed by atoms with Crippen LogP contribution in [0.25, 0.3) is 0 Å². The minimum atomic E-state index is -4.65. The second-order valence-corrected chi connectivity index (χ2v) is 4.89. The Labute approximate surface area is 116 Å². The Morgan fingerprint density at radius 2 is 2.20 bits per heavy atom. The van der Waals surface area contributed by atoms with Crippen LogP contribution in [-0.2, 0) is 0 Å². The zero-order chi connectivity index (χ0) is 14.6. The average Bonchev–Trinajstić information content (AvgIpc) is 2.38. The van der Waals surface area contributed by atoms with E-state index in [0.717, 1.165) is 38.2 Å². The van der Waals surface area contributed by atoms with Gasteiger partial charge in [0.25, 0.3) is 0 Å². The summed E-state index contributed by atoms with van der Waals surface area (Å²) >= 11 is 0. The number of piperidine rings is 1. The van der Waals surface area contributed by atoms with Crippen LogP contribution in [0.2, 0.25) is 0 Å². The van der Waals surface area contributed by atoms with Gasteiger partial charge in [-0.05, 0) is 31.5 Å². The van der Waals surface area contributed by atoms with Gasteiger partial charge in [0.05, 0.1) is 0 Å². The van der Waals surface area contributed by atoms with E-state index in [1.807, 2.05) is 6.07 Å². The molecule has 2 rings (SSSR count). The van der Waals surface area contributed by atoms with E-state index in [4.69, 9.17) is 0 Å². The van der Waals surface area contributed by atoms with E-state index in [1.54, 1.807) is 6.07 Å². The Hall–Kier alpha value is -1.43. The summed E-state index contributed by atoms with van der Waals surface area (Å²) in [7, 11) is 0. The Morgan fingerprint density at radius 1 is 1.40 bits per heavy atom. The first-order valence-electron chi connectivity index (χ1n) is 6.82. The number of rotatable bonds is 4. The molecule has 1 fully saturated rings. The molecular weight excluding hydrogens is 269 g/mol. The topological polar surface area (TPSA) is 24.5 Å². The van der Waals surface area contributed by atoms with Crippen molar-refractivity contribution in [2.24, 2.45) is 0 Å². The van der Waals surface area contributed by atoms with Crippen LogP contribution in [0.4, 0.5) is 18.9 Å². The van der Waals surface area contributed by atoms with E-state index in [0.29, 0.717) is 6.04 Å². The van der Waals surface area contributed by atoms with Crippen LogP contribution in [-0.4, -0.2) is 32.0 Å². The van der Waals surface area contributed by atoms with Crippen molar-refractivity contribution in [1.82, 2.24) is 5.32 Å². The first kappa shape index (κ1) is 15.0. The molecule has 1 aromatic rings. The smallest absolute Gasteiger partial charge is 0.406 e. The summed E-state index contributed by atoms with van der Waals surface area (Å²) in [6.45, 7) is 4.62. The van der Waals surface area contributed by atoms with Crippen LogP contribution in [0.3, 0.4) is 0 Å². The fraction of sp³-hybridized carbons (Fsp3) is 0.571. The Kier molecular flexibility index (Phi) is 4.75. The molecule has 112 valence electrons. The summed E-state index contributed by atoms with van der Waals surface area (Å²) in [5.74, 6) is -0.166.